The minimum absolute atomic E-state index is 0.0192. The molecule has 1 aromatic carbocycles. The van der Waals surface area contributed by atoms with Gasteiger partial charge in [0.25, 0.3) is 5.56 Å². The Hall–Kier alpha value is -2.36. The van der Waals surface area contributed by atoms with E-state index in [1.54, 1.807) is 12.1 Å². The van der Waals surface area contributed by atoms with Crippen molar-refractivity contribution in [2.75, 3.05) is 20.8 Å². The maximum atomic E-state index is 12.3. The standard InChI is InChI=1S/C16H20N2O6S/c1-23-14-7-6-13(9-15(14)24-2)25(21,22)17-10-12(19)11-18-8-4-3-5-16(18)20/h3-9,12,17,19H,10-11H2,1-2H3. The second kappa shape index (κ2) is 8.15. The van der Waals surface area contributed by atoms with E-state index in [0.717, 1.165) is 0 Å². The van der Waals surface area contributed by atoms with Gasteiger partial charge in [-0.25, -0.2) is 13.1 Å². The fourth-order valence-corrected chi connectivity index (χ4v) is 3.26. The highest BCUT2D eigenvalue weighted by molar-refractivity contribution is 7.89. The van der Waals surface area contributed by atoms with Gasteiger partial charge in [0.05, 0.1) is 31.8 Å². The summed E-state index contributed by atoms with van der Waals surface area (Å²) in [5.74, 6) is 0.687. The van der Waals surface area contributed by atoms with Gasteiger partial charge in [0.1, 0.15) is 0 Å². The van der Waals surface area contributed by atoms with Crippen LogP contribution in [0.15, 0.2) is 52.3 Å². The molecule has 8 nitrogen and oxygen atoms in total. The molecule has 0 bridgehead atoms. The summed E-state index contributed by atoms with van der Waals surface area (Å²) in [4.78, 5) is 11.6. The van der Waals surface area contributed by atoms with Crippen molar-refractivity contribution >= 4 is 10.0 Å². The van der Waals surface area contributed by atoms with Crippen LogP contribution in [0, 0.1) is 0 Å². The minimum atomic E-state index is -3.85. The Labute approximate surface area is 145 Å². The van der Waals surface area contributed by atoms with Crippen LogP contribution in [0.5, 0.6) is 11.5 Å². The van der Waals surface area contributed by atoms with Gasteiger partial charge in [-0.2, -0.15) is 0 Å². The van der Waals surface area contributed by atoms with Crippen LogP contribution in [0.1, 0.15) is 0 Å². The molecular formula is C16H20N2O6S. The van der Waals surface area contributed by atoms with E-state index in [9.17, 15) is 18.3 Å². The molecule has 2 rings (SSSR count). The van der Waals surface area contributed by atoms with Crippen molar-refractivity contribution in [2.24, 2.45) is 0 Å². The Bertz CT molecular complexity index is 878. The average molecular weight is 368 g/mol. The number of nitrogens with zero attached hydrogens (tertiary/aromatic N) is 1. The number of pyridine rings is 1. The first-order valence-electron chi connectivity index (χ1n) is 7.42. The molecule has 2 aromatic rings. The van der Waals surface area contributed by atoms with E-state index in [4.69, 9.17) is 9.47 Å². The lowest BCUT2D eigenvalue weighted by Gasteiger charge is -2.14. The van der Waals surface area contributed by atoms with Gasteiger partial charge >= 0.3 is 0 Å². The Kier molecular flexibility index (Phi) is 6.18. The number of aromatic nitrogens is 1. The molecule has 1 unspecified atom stereocenters. The topological polar surface area (TPSA) is 107 Å². The molecule has 0 aliphatic heterocycles. The third-order valence-corrected chi connectivity index (χ3v) is 4.90. The monoisotopic (exact) mass is 368 g/mol. The second-order valence-electron chi connectivity index (χ2n) is 5.21. The maximum Gasteiger partial charge on any atom is 0.250 e. The van der Waals surface area contributed by atoms with Crippen LogP contribution < -0.4 is 19.8 Å². The predicted molar refractivity (Wildman–Crippen MR) is 91.4 cm³/mol. The number of rotatable bonds is 8. The lowest BCUT2D eigenvalue weighted by molar-refractivity contribution is 0.156. The Morgan fingerprint density at radius 2 is 1.88 bits per heavy atom. The molecule has 0 spiro atoms. The molecule has 1 heterocycles. The van der Waals surface area contributed by atoms with Gasteiger partial charge in [-0.3, -0.25) is 4.79 Å². The molecule has 1 atom stereocenters. The first-order valence-corrected chi connectivity index (χ1v) is 8.91. The van der Waals surface area contributed by atoms with E-state index < -0.39 is 16.1 Å². The van der Waals surface area contributed by atoms with Crippen molar-refractivity contribution in [3.63, 3.8) is 0 Å². The highest BCUT2D eigenvalue weighted by atomic mass is 32.2. The van der Waals surface area contributed by atoms with Crippen LogP contribution in [0.2, 0.25) is 0 Å². The summed E-state index contributed by atoms with van der Waals surface area (Å²) in [5.41, 5.74) is -0.274. The molecule has 136 valence electrons. The zero-order chi connectivity index (χ0) is 18.4. The summed E-state index contributed by atoms with van der Waals surface area (Å²) in [5, 5.41) is 9.99. The lowest BCUT2D eigenvalue weighted by Crippen LogP contribution is -2.36. The zero-order valence-electron chi connectivity index (χ0n) is 13.9. The highest BCUT2D eigenvalue weighted by Crippen LogP contribution is 2.29. The van der Waals surface area contributed by atoms with E-state index in [2.05, 4.69) is 4.72 Å². The number of methoxy groups -OCH3 is 2. The van der Waals surface area contributed by atoms with Gasteiger partial charge in [0, 0.05) is 24.9 Å². The van der Waals surface area contributed by atoms with E-state index in [0.29, 0.717) is 5.75 Å². The van der Waals surface area contributed by atoms with Crippen LogP contribution in [0.4, 0.5) is 0 Å². The van der Waals surface area contributed by atoms with Gasteiger partial charge in [-0.15, -0.1) is 0 Å². The third-order valence-electron chi connectivity index (χ3n) is 3.48. The number of nitrogens with one attached hydrogen (secondary N) is 1. The first-order chi connectivity index (χ1) is 11.9. The number of aliphatic hydroxyl groups is 1. The van der Waals surface area contributed by atoms with E-state index in [1.165, 1.54) is 49.2 Å². The molecular weight excluding hydrogens is 348 g/mol. The maximum absolute atomic E-state index is 12.3. The van der Waals surface area contributed by atoms with E-state index >= 15 is 0 Å². The molecule has 0 saturated carbocycles. The Balaban J connectivity index is 2.06. The highest BCUT2D eigenvalue weighted by Gasteiger charge is 2.18. The zero-order valence-corrected chi connectivity index (χ0v) is 14.7. The molecule has 0 saturated heterocycles. The smallest absolute Gasteiger partial charge is 0.250 e. The average Bonchev–Trinajstić information content (AvgIpc) is 2.61. The summed E-state index contributed by atoms with van der Waals surface area (Å²) >= 11 is 0. The Morgan fingerprint density at radius 1 is 1.16 bits per heavy atom. The lowest BCUT2D eigenvalue weighted by atomic mass is 10.3. The van der Waals surface area contributed by atoms with Crippen molar-refractivity contribution in [2.45, 2.75) is 17.5 Å². The number of aliphatic hydroxyl groups excluding tert-OH is 1. The number of sulfonamides is 1. The molecule has 2 N–H and O–H groups in total. The largest absolute Gasteiger partial charge is 0.493 e. The van der Waals surface area contributed by atoms with Crippen LogP contribution in [0.3, 0.4) is 0 Å². The van der Waals surface area contributed by atoms with E-state index in [1.807, 2.05) is 0 Å². The Morgan fingerprint density at radius 3 is 2.52 bits per heavy atom. The van der Waals surface area contributed by atoms with Gasteiger partial charge in [-0.05, 0) is 18.2 Å². The van der Waals surface area contributed by atoms with Gasteiger partial charge < -0.3 is 19.1 Å². The van der Waals surface area contributed by atoms with Crippen LogP contribution in [0.25, 0.3) is 0 Å². The molecule has 0 radical (unpaired) electrons. The number of hydrogen-bond acceptors (Lipinski definition) is 6. The van der Waals surface area contributed by atoms with Gasteiger partial charge in [-0.1, -0.05) is 6.07 Å². The molecule has 0 fully saturated rings. The van der Waals surface area contributed by atoms with E-state index in [-0.39, 0.29) is 29.3 Å². The van der Waals surface area contributed by atoms with Crippen molar-refractivity contribution in [3.8, 4) is 11.5 Å². The summed E-state index contributed by atoms with van der Waals surface area (Å²) < 4.78 is 38.4. The van der Waals surface area contributed by atoms with Crippen LogP contribution in [-0.4, -0.2) is 45.0 Å². The number of hydrogen-bond donors (Lipinski definition) is 2. The molecule has 0 aliphatic rings. The first kappa shape index (κ1) is 19.0. The fourth-order valence-electron chi connectivity index (χ4n) is 2.18. The van der Waals surface area contributed by atoms with Crippen molar-refractivity contribution in [1.82, 2.24) is 9.29 Å². The third kappa shape index (κ3) is 4.81. The normalized spacial score (nSPS) is 12.6. The van der Waals surface area contributed by atoms with Crippen molar-refractivity contribution in [3.05, 3.63) is 52.9 Å². The van der Waals surface area contributed by atoms with Crippen LogP contribution >= 0.6 is 0 Å². The predicted octanol–water partition coefficient (Wildman–Crippen LogP) is 0.205. The van der Waals surface area contributed by atoms with Gasteiger partial charge in [0.15, 0.2) is 11.5 Å². The molecule has 25 heavy (non-hydrogen) atoms. The quantitative estimate of drug-likeness (QED) is 0.690. The van der Waals surface area contributed by atoms with Crippen LogP contribution in [-0.2, 0) is 16.6 Å². The number of ether oxygens (including phenoxy) is 2. The molecule has 0 amide bonds. The van der Waals surface area contributed by atoms with Crippen molar-refractivity contribution < 1.29 is 23.0 Å². The summed E-state index contributed by atoms with van der Waals surface area (Å²) in [6.45, 7) is -0.258. The summed E-state index contributed by atoms with van der Waals surface area (Å²) in [7, 11) is -0.992. The second-order valence-corrected chi connectivity index (χ2v) is 6.98. The minimum Gasteiger partial charge on any atom is -0.493 e. The fraction of sp³-hybridized carbons (Fsp3) is 0.312. The van der Waals surface area contributed by atoms with Gasteiger partial charge in [0.2, 0.25) is 10.0 Å². The molecule has 1 aromatic heterocycles. The summed E-state index contributed by atoms with van der Waals surface area (Å²) in [6, 6.07) is 8.79. The summed E-state index contributed by atoms with van der Waals surface area (Å²) in [6.07, 6.45) is 0.462. The molecule has 9 heteroatoms. The number of benzene rings is 1. The SMILES string of the molecule is COc1ccc(S(=O)(=O)NCC(O)Cn2ccccc2=O)cc1OC. The molecule has 0 aliphatic carbocycles. The van der Waals surface area contributed by atoms with Crippen molar-refractivity contribution in [1.29, 1.82) is 0 Å².